The molecule has 7 heteroatoms. The third kappa shape index (κ3) is 7.46. The summed E-state index contributed by atoms with van der Waals surface area (Å²) in [5.41, 5.74) is 2.29. The number of aryl methyl sites for hydroxylation is 1. The van der Waals surface area contributed by atoms with Gasteiger partial charge < -0.3 is 14.2 Å². The molecule has 2 aromatic rings. The molecule has 29 heavy (non-hydrogen) atoms. The zero-order valence-electron chi connectivity index (χ0n) is 17.1. The van der Waals surface area contributed by atoms with Gasteiger partial charge in [-0.3, -0.25) is 10.2 Å². The van der Waals surface area contributed by atoms with Crippen LogP contribution in [0, 0.1) is 6.92 Å². The summed E-state index contributed by atoms with van der Waals surface area (Å²) < 4.78 is 15.7. The second kappa shape index (κ2) is 11.7. The van der Waals surface area contributed by atoms with Crippen molar-refractivity contribution in [2.75, 3.05) is 37.1 Å². The maximum absolute atomic E-state index is 12.8. The van der Waals surface area contributed by atoms with Gasteiger partial charge in [-0.15, -0.1) is 0 Å². The summed E-state index contributed by atoms with van der Waals surface area (Å²) in [7, 11) is 1.28. The summed E-state index contributed by atoms with van der Waals surface area (Å²) >= 11 is 0. The Labute approximate surface area is 171 Å². The van der Waals surface area contributed by atoms with Crippen LogP contribution in [0.3, 0.4) is 0 Å². The molecule has 2 rings (SSSR count). The molecule has 0 aromatic heterocycles. The molecule has 0 bridgehead atoms. The van der Waals surface area contributed by atoms with Crippen LogP contribution in [0.15, 0.2) is 48.5 Å². The van der Waals surface area contributed by atoms with Gasteiger partial charge in [0.2, 0.25) is 0 Å². The summed E-state index contributed by atoms with van der Waals surface area (Å²) in [4.78, 5) is 25.7. The molecule has 0 saturated heterocycles. The van der Waals surface area contributed by atoms with E-state index in [9.17, 15) is 9.59 Å². The summed E-state index contributed by atoms with van der Waals surface area (Å²) in [6, 6.07) is 14.2. The van der Waals surface area contributed by atoms with E-state index >= 15 is 0 Å². The number of nitrogens with one attached hydrogen (secondary N) is 1. The van der Waals surface area contributed by atoms with Crippen molar-refractivity contribution >= 4 is 23.6 Å². The molecule has 0 atom stereocenters. The van der Waals surface area contributed by atoms with Crippen molar-refractivity contribution in [3.63, 3.8) is 0 Å². The molecular formula is C22H28N2O5. The highest BCUT2D eigenvalue weighted by atomic mass is 16.6. The minimum absolute atomic E-state index is 0.313. The number of rotatable bonds is 9. The Balaban J connectivity index is 2.08. The molecule has 0 spiro atoms. The van der Waals surface area contributed by atoms with Crippen LogP contribution in [0.4, 0.5) is 21.0 Å². The minimum Gasteiger partial charge on any atom is -0.453 e. The number of benzene rings is 2. The van der Waals surface area contributed by atoms with Crippen molar-refractivity contribution in [2.24, 2.45) is 0 Å². The summed E-state index contributed by atoms with van der Waals surface area (Å²) in [6.07, 6.45) is 0.913. The van der Waals surface area contributed by atoms with Gasteiger partial charge in [-0.2, -0.15) is 0 Å². The quantitative estimate of drug-likeness (QED) is 0.600. The van der Waals surface area contributed by atoms with Crippen molar-refractivity contribution in [1.29, 1.82) is 0 Å². The largest absolute Gasteiger partial charge is 0.453 e. The number of nitrogens with zero attached hydrogens (tertiary/aromatic N) is 1. The predicted molar refractivity (Wildman–Crippen MR) is 113 cm³/mol. The maximum atomic E-state index is 12.8. The minimum atomic E-state index is -0.598. The highest BCUT2D eigenvalue weighted by Crippen LogP contribution is 2.21. The van der Waals surface area contributed by atoms with Crippen LogP contribution in [0.5, 0.6) is 5.75 Å². The monoisotopic (exact) mass is 400 g/mol. The van der Waals surface area contributed by atoms with Crippen LogP contribution in [-0.2, 0) is 9.47 Å². The lowest BCUT2D eigenvalue weighted by Crippen LogP contribution is -2.36. The molecule has 0 radical (unpaired) electrons. The van der Waals surface area contributed by atoms with Gasteiger partial charge in [-0.25, -0.2) is 9.59 Å². The summed E-state index contributed by atoms with van der Waals surface area (Å²) in [6.45, 7) is 5.52. The molecule has 0 aliphatic rings. The van der Waals surface area contributed by atoms with E-state index in [1.54, 1.807) is 24.3 Å². The van der Waals surface area contributed by atoms with Crippen molar-refractivity contribution in [3.8, 4) is 5.75 Å². The van der Waals surface area contributed by atoms with Gasteiger partial charge in [0.15, 0.2) is 0 Å². The van der Waals surface area contributed by atoms with E-state index in [4.69, 9.17) is 9.47 Å². The number of unbranched alkanes of at least 4 members (excludes halogenated alkanes) is 1. The Kier molecular flexibility index (Phi) is 8.98. The average molecular weight is 400 g/mol. The van der Waals surface area contributed by atoms with Crippen LogP contribution in [0.25, 0.3) is 0 Å². The SMILES string of the molecule is CCCCOCCN(C(=O)Oc1cccc(NC(=O)OC)c1)c1ccc(C)cc1. The first-order valence-corrected chi connectivity index (χ1v) is 9.62. The number of carbonyl (C=O) groups excluding carboxylic acids is 2. The lowest BCUT2D eigenvalue weighted by atomic mass is 10.2. The van der Waals surface area contributed by atoms with Gasteiger partial charge in [0.25, 0.3) is 0 Å². The Bertz CT molecular complexity index is 792. The van der Waals surface area contributed by atoms with Crippen molar-refractivity contribution in [3.05, 3.63) is 54.1 Å². The fourth-order valence-electron chi connectivity index (χ4n) is 2.52. The van der Waals surface area contributed by atoms with Crippen LogP contribution >= 0.6 is 0 Å². The summed E-state index contributed by atoms with van der Waals surface area (Å²) in [5, 5.41) is 2.54. The van der Waals surface area contributed by atoms with E-state index < -0.39 is 12.2 Å². The number of hydrogen-bond donors (Lipinski definition) is 1. The fraction of sp³-hybridized carbons (Fsp3) is 0.364. The number of hydrogen-bond acceptors (Lipinski definition) is 5. The van der Waals surface area contributed by atoms with Crippen LogP contribution in [0.2, 0.25) is 0 Å². The van der Waals surface area contributed by atoms with Crippen LogP contribution in [-0.4, -0.2) is 39.1 Å². The first kappa shape index (κ1) is 22.2. The number of methoxy groups -OCH3 is 1. The Morgan fingerprint density at radius 1 is 1.07 bits per heavy atom. The molecule has 1 N–H and O–H groups in total. The molecule has 7 nitrogen and oxygen atoms in total. The standard InChI is InChI=1S/C22H28N2O5/c1-4-5-14-28-15-13-24(19-11-9-17(2)10-12-19)22(26)29-20-8-6-7-18(16-20)23-21(25)27-3/h6-12,16H,4-5,13-15H2,1-3H3,(H,23,25). The third-order valence-corrected chi connectivity index (χ3v) is 4.14. The molecule has 0 unspecified atom stereocenters. The van der Waals surface area contributed by atoms with Crippen molar-refractivity contribution in [2.45, 2.75) is 26.7 Å². The van der Waals surface area contributed by atoms with E-state index in [0.29, 0.717) is 31.2 Å². The second-order valence-electron chi connectivity index (χ2n) is 6.47. The Morgan fingerprint density at radius 3 is 2.52 bits per heavy atom. The Morgan fingerprint density at radius 2 is 1.83 bits per heavy atom. The van der Waals surface area contributed by atoms with Gasteiger partial charge >= 0.3 is 12.2 Å². The fourth-order valence-corrected chi connectivity index (χ4v) is 2.52. The lowest BCUT2D eigenvalue weighted by molar-refractivity contribution is 0.135. The number of ether oxygens (including phenoxy) is 3. The van der Waals surface area contributed by atoms with E-state index in [2.05, 4.69) is 17.0 Å². The average Bonchev–Trinajstić information content (AvgIpc) is 2.71. The molecule has 2 amide bonds. The highest BCUT2D eigenvalue weighted by molar-refractivity contribution is 5.89. The smallest absolute Gasteiger partial charge is 0.419 e. The van der Waals surface area contributed by atoms with Crippen LogP contribution < -0.4 is 15.0 Å². The Hall–Kier alpha value is -3.06. The van der Waals surface area contributed by atoms with Gasteiger partial charge in [0.1, 0.15) is 5.75 Å². The maximum Gasteiger partial charge on any atom is 0.419 e. The molecule has 0 aliphatic heterocycles. The zero-order valence-corrected chi connectivity index (χ0v) is 17.1. The second-order valence-corrected chi connectivity index (χ2v) is 6.47. The molecule has 0 aliphatic carbocycles. The molecule has 0 heterocycles. The van der Waals surface area contributed by atoms with Crippen molar-refractivity contribution < 1.29 is 23.8 Å². The topological polar surface area (TPSA) is 77.1 Å². The molecular weight excluding hydrogens is 372 g/mol. The molecule has 2 aromatic carbocycles. The van der Waals surface area contributed by atoms with Gasteiger partial charge in [-0.1, -0.05) is 37.1 Å². The van der Waals surface area contributed by atoms with E-state index in [1.165, 1.54) is 12.0 Å². The first-order chi connectivity index (χ1) is 14.0. The number of amides is 2. The lowest BCUT2D eigenvalue weighted by Gasteiger charge is -2.22. The van der Waals surface area contributed by atoms with Gasteiger partial charge in [-0.05, 0) is 37.6 Å². The first-order valence-electron chi connectivity index (χ1n) is 9.62. The summed E-state index contributed by atoms with van der Waals surface area (Å²) in [5.74, 6) is 0.313. The number of carbonyl (C=O) groups is 2. The van der Waals surface area contributed by atoms with Gasteiger partial charge in [0.05, 0.1) is 20.3 Å². The van der Waals surface area contributed by atoms with E-state index in [-0.39, 0.29) is 0 Å². The van der Waals surface area contributed by atoms with E-state index in [0.717, 1.165) is 24.1 Å². The normalized spacial score (nSPS) is 10.3. The highest BCUT2D eigenvalue weighted by Gasteiger charge is 2.18. The molecule has 156 valence electrons. The van der Waals surface area contributed by atoms with Crippen LogP contribution in [0.1, 0.15) is 25.3 Å². The number of anilines is 2. The predicted octanol–water partition coefficient (Wildman–Crippen LogP) is 5.00. The van der Waals surface area contributed by atoms with Gasteiger partial charge in [0, 0.05) is 24.0 Å². The molecule has 0 saturated carbocycles. The third-order valence-electron chi connectivity index (χ3n) is 4.14. The van der Waals surface area contributed by atoms with Crippen molar-refractivity contribution in [1.82, 2.24) is 0 Å². The van der Waals surface area contributed by atoms with E-state index in [1.807, 2.05) is 31.2 Å². The zero-order chi connectivity index (χ0) is 21.1. The molecule has 0 fully saturated rings.